The fourth-order valence-corrected chi connectivity index (χ4v) is 3.81. The summed E-state index contributed by atoms with van der Waals surface area (Å²) in [5, 5.41) is 0. The van der Waals surface area contributed by atoms with E-state index in [0.717, 1.165) is 44.8 Å². The first-order valence-electron chi connectivity index (χ1n) is 9.11. The molecule has 7 nitrogen and oxygen atoms in total. The number of terminal acetylenes is 1. The number of hydrogen-bond donors (Lipinski definition) is 0. The Hall–Kier alpha value is -4.05. The lowest BCUT2D eigenvalue weighted by Gasteiger charge is -2.10. The van der Waals surface area contributed by atoms with Gasteiger partial charge in [0.25, 0.3) is 0 Å². The molecule has 0 unspecified atom stereocenters. The molecule has 0 saturated heterocycles. The Morgan fingerprint density at radius 3 is 2.45 bits per heavy atom. The van der Waals surface area contributed by atoms with Gasteiger partial charge in [-0.2, -0.15) is 0 Å². The molecule has 0 bridgehead atoms. The molecule has 142 valence electrons. The second-order valence-electron chi connectivity index (χ2n) is 7.08. The van der Waals surface area contributed by atoms with Gasteiger partial charge in [0.15, 0.2) is 5.82 Å². The van der Waals surface area contributed by atoms with Gasteiger partial charge in [0.2, 0.25) is 0 Å². The highest BCUT2D eigenvalue weighted by molar-refractivity contribution is 5.86. The summed E-state index contributed by atoms with van der Waals surface area (Å²) in [6, 6.07) is 11.8. The number of hydrogen-bond acceptors (Lipinski definition) is 3. The average Bonchev–Trinajstić information content (AvgIpc) is 3.38. The normalized spacial score (nSPS) is 11.4. The van der Waals surface area contributed by atoms with Crippen molar-refractivity contribution in [3.8, 4) is 29.5 Å². The molecule has 0 spiro atoms. The molecule has 2 aromatic carbocycles. The number of aryl methyl sites for hydroxylation is 3. The minimum absolute atomic E-state index is 0.0573. The Labute approximate surface area is 166 Å². The SMILES string of the molecule is C#Cc1ccc2c(c1)nc(-c1cncn1C)n2-c1ccc2c(c1)n(C)c(=O)n2C. The standard InChI is InChI=1S/C22H18N6O/c1-5-14-6-8-17-16(10-14)24-21(20-12-23-13-25(20)2)28(17)15-7-9-18-19(11-15)27(4)22(29)26(18)3/h1,6-13H,2-4H3. The molecule has 0 radical (unpaired) electrons. The third-order valence-electron chi connectivity index (χ3n) is 5.38. The summed E-state index contributed by atoms with van der Waals surface area (Å²) in [6.45, 7) is 0. The minimum Gasteiger partial charge on any atom is -0.331 e. The highest BCUT2D eigenvalue weighted by atomic mass is 16.1. The Balaban J connectivity index is 1.87. The van der Waals surface area contributed by atoms with Crippen LogP contribution in [0.3, 0.4) is 0 Å². The summed E-state index contributed by atoms with van der Waals surface area (Å²) in [5.41, 5.74) is 5.98. The van der Waals surface area contributed by atoms with Crippen LogP contribution < -0.4 is 5.69 Å². The summed E-state index contributed by atoms with van der Waals surface area (Å²) in [6.07, 6.45) is 9.11. The van der Waals surface area contributed by atoms with Gasteiger partial charge >= 0.3 is 5.69 Å². The van der Waals surface area contributed by atoms with Crippen molar-refractivity contribution >= 4 is 22.1 Å². The number of rotatable bonds is 2. The molecular formula is C22H18N6O. The fourth-order valence-electron chi connectivity index (χ4n) is 3.81. The van der Waals surface area contributed by atoms with Crippen LogP contribution in [-0.2, 0) is 21.1 Å². The first kappa shape index (κ1) is 17.1. The maximum Gasteiger partial charge on any atom is 0.328 e. The maximum atomic E-state index is 12.3. The Morgan fingerprint density at radius 1 is 0.966 bits per heavy atom. The first-order valence-corrected chi connectivity index (χ1v) is 9.11. The van der Waals surface area contributed by atoms with E-state index in [1.54, 1.807) is 35.8 Å². The van der Waals surface area contributed by atoms with E-state index in [0.29, 0.717) is 0 Å². The third kappa shape index (κ3) is 2.36. The van der Waals surface area contributed by atoms with E-state index < -0.39 is 0 Å². The monoisotopic (exact) mass is 382 g/mol. The van der Waals surface area contributed by atoms with Crippen molar-refractivity contribution < 1.29 is 0 Å². The number of imidazole rings is 3. The van der Waals surface area contributed by atoms with Gasteiger partial charge in [-0.15, -0.1) is 6.42 Å². The number of nitrogens with zero attached hydrogens (tertiary/aromatic N) is 6. The lowest BCUT2D eigenvalue weighted by Crippen LogP contribution is -2.19. The molecule has 5 aromatic rings. The first-order chi connectivity index (χ1) is 14.0. The van der Waals surface area contributed by atoms with Crippen molar-refractivity contribution in [3.05, 3.63) is 65.0 Å². The molecule has 0 fully saturated rings. The van der Waals surface area contributed by atoms with Crippen molar-refractivity contribution in [1.29, 1.82) is 0 Å². The van der Waals surface area contributed by atoms with Crippen LogP contribution >= 0.6 is 0 Å². The molecule has 0 amide bonds. The average molecular weight is 382 g/mol. The van der Waals surface area contributed by atoms with Crippen LogP contribution in [-0.4, -0.2) is 28.2 Å². The van der Waals surface area contributed by atoms with E-state index in [1.165, 1.54) is 0 Å². The van der Waals surface area contributed by atoms with Crippen LogP contribution in [0.2, 0.25) is 0 Å². The van der Waals surface area contributed by atoms with Crippen molar-refractivity contribution in [2.75, 3.05) is 0 Å². The maximum absolute atomic E-state index is 12.3. The largest absolute Gasteiger partial charge is 0.331 e. The molecule has 7 heteroatoms. The predicted octanol–water partition coefficient (Wildman–Crippen LogP) is 2.60. The van der Waals surface area contributed by atoms with E-state index in [1.807, 2.05) is 48.0 Å². The third-order valence-corrected chi connectivity index (χ3v) is 5.38. The summed E-state index contributed by atoms with van der Waals surface area (Å²) in [7, 11) is 5.49. The molecule has 0 saturated carbocycles. The van der Waals surface area contributed by atoms with Crippen LogP contribution in [0.1, 0.15) is 5.56 Å². The van der Waals surface area contributed by atoms with Gasteiger partial charge < -0.3 is 4.57 Å². The molecular weight excluding hydrogens is 364 g/mol. The molecule has 5 rings (SSSR count). The van der Waals surface area contributed by atoms with E-state index in [4.69, 9.17) is 11.4 Å². The second-order valence-corrected chi connectivity index (χ2v) is 7.08. The van der Waals surface area contributed by atoms with Gasteiger partial charge in [-0.05, 0) is 36.4 Å². The van der Waals surface area contributed by atoms with E-state index in [9.17, 15) is 4.79 Å². The highest BCUT2D eigenvalue weighted by Gasteiger charge is 2.18. The zero-order valence-electron chi connectivity index (χ0n) is 16.3. The molecule has 0 N–H and O–H groups in total. The predicted molar refractivity (Wildman–Crippen MR) is 113 cm³/mol. The van der Waals surface area contributed by atoms with Gasteiger partial charge in [-0.3, -0.25) is 13.7 Å². The zero-order chi connectivity index (χ0) is 20.3. The molecule has 3 aromatic heterocycles. The number of aromatic nitrogens is 6. The molecule has 3 heterocycles. The summed E-state index contributed by atoms with van der Waals surface area (Å²) >= 11 is 0. The van der Waals surface area contributed by atoms with Crippen molar-refractivity contribution in [2.24, 2.45) is 21.1 Å². The van der Waals surface area contributed by atoms with Gasteiger partial charge in [-0.25, -0.2) is 14.8 Å². The van der Waals surface area contributed by atoms with Crippen LogP contribution in [0.15, 0.2) is 53.7 Å². The topological polar surface area (TPSA) is 62.6 Å². The van der Waals surface area contributed by atoms with Crippen molar-refractivity contribution in [3.63, 3.8) is 0 Å². The molecule has 0 aliphatic heterocycles. The van der Waals surface area contributed by atoms with Crippen molar-refractivity contribution in [2.45, 2.75) is 0 Å². The van der Waals surface area contributed by atoms with Crippen LogP contribution in [0.25, 0.3) is 39.3 Å². The Morgan fingerprint density at radius 2 is 1.72 bits per heavy atom. The van der Waals surface area contributed by atoms with Crippen LogP contribution in [0.4, 0.5) is 0 Å². The van der Waals surface area contributed by atoms with Gasteiger partial charge in [0, 0.05) is 32.4 Å². The van der Waals surface area contributed by atoms with Gasteiger partial charge in [-0.1, -0.05) is 5.92 Å². The second kappa shape index (κ2) is 5.97. The summed E-state index contributed by atoms with van der Waals surface area (Å²) < 4.78 is 7.30. The molecule has 0 aliphatic rings. The molecule has 0 aliphatic carbocycles. The minimum atomic E-state index is -0.0573. The smallest absolute Gasteiger partial charge is 0.328 e. The summed E-state index contributed by atoms with van der Waals surface area (Å²) in [5.74, 6) is 3.43. The Kier molecular flexibility index (Phi) is 3.52. The van der Waals surface area contributed by atoms with E-state index in [-0.39, 0.29) is 5.69 Å². The highest BCUT2D eigenvalue weighted by Crippen LogP contribution is 2.30. The van der Waals surface area contributed by atoms with E-state index >= 15 is 0 Å². The van der Waals surface area contributed by atoms with Gasteiger partial charge in [0.1, 0.15) is 5.69 Å². The quantitative estimate of drug-likeness (QED) is 0.441. The lowest BCUT2D eigenvalue weighted by atomic mass is 10.2. The number of fused-ring (bicyclic) bond motifs is 2. The van der Waals surface area contributed by atoms with Crippen LogP contribution in [0, 0.1) is 12.3 Å². The van der Waals surface area contributed by atoms with E-state index in [2.05, 4.69) is 15.5 Å². The van der Waals surface area contributed by atoms with Crippen LogP contribution in [0.5, 0.6) is 0 Å². The molecule has 29 heavy (non-hydrogen) atoms. The molecule has 0 atom stereocenters. The lowest BCUT2D eigenvalue weighted by molar-refractivity contribution is 0.795. The number of benzene rings is 2. The van der Waals surface area contributed by atoms with Crippen molar-refractivity contribution in [1.82, 2.24) is 28.2 Å². The fraction of sp³-hybridized carbons (Fsp3) is 0.136. The zero-order valence-corrected chi connectivity index (χ0v) is 16.3. The Bertz CT molecular complexity index is 1520. The summed E-state index contributed by atoms with van der Waals surface area (Å²) in [4.78, 5) is 21.4. The van der Waals surface area contributed by atoms with Gasteiger partial charge in [0.05, 0.1) is 34.6 Å².